The smallest absolute Gasteiger partial charge is 0.212 e. The molecule has 7 heteroatoms. The van der Waals surface area contributed by atoms with Gasteiger partial charge in [0.1, 0.15) is 5.69 Å². The monoisotopic (exact) mass is 313 g/mol. The van der Waals surface area contributed by atoms with Crippen LogP contribution in [-0.4, -0.2) is 41.1 Å². The van der Waals surface area contributed by atoms with Crippen molar-refractivity contribution >= 4 is 17.4 Å². The van der Waals surface area contributed by atoms with E-state index in [4.69, 9.17) is 11.6 Å². The number of aromatic nitrogens is 2. The highest BCUT2D eigenvalue weighted by molar-refractivity contribution is 6.34. The Balaban J connectivity index is 2.34. The van der Waals surface area contributed by atoms with E-state index in [0.717, 1.165) is 12.1 Å². The van der Waals surface area contributed by atoms with Gasteiger partial charge in [0, 0.05) is 12.1 Å². The maximum atomic E-state index is 13.2. The minimum Gasteiger partial charge on any atom is -0.308 e. The first-order chi connectivity index (χ1) is 9.90. The predicted octanol–water partition coefficient (Wildman–Crippen LogP) is 2.61. The minimum atomic E-state index is -1.07. The number of rotatable bonds is 5. The maximum Gasteiger partial charge on any atom is 0.212 e. The Bertz CT molecular complexity index is 670. The summed E-state index contributed by atoms with van der Waals surface area (Å²) in [5.41, 5.74) is 0.201. The predicted molar refractivity (Wildman–Crippen MR) is 75.6 cm³/mol. The van der Waals surface area contributed by atoms with Crippen molar-refractivity contribution in [3.05, 3.63) is 52.3 Å². The van der Waals surface area contributed by atoms with Crippen LogP contribution in [0.25, 0.3) is 0 Å². The number of carbonyl (C=O) groups is 1. The summed E-state index contributed by atoms with van der Waals surface area (Å²) < 4.78 is 27.6. The van der Waals surface area contributed by atoms with Crippen molar-refractivity contribution in [1.29, 1.82) is 0 Å². The standard InChI is InChI=1S/C14H14ClF2N3O/c1-19(2)5-6-20-13(10(15)8-18-20)14(21)9-3-4-11(16)12(17)7-9/h3-4,7-8H,5-6H2,1-2H3. The largest absolute Gasteiger partial charge is 0.308 e. The van der Waals surface area contributed by atoms with Crippen molar-refractivity contribution in [3.8, 4) is 0 Å². The third-order valence-electron chi connectivity index (χ3n) is 2.95. The van der Waals surface area contributed by atoms with Crippen LogP contribution in [0.4, 0.5) is 8.78 Å². The highest BCUT2D eigenvalue weighted by atomic mass is 35.5. The maximum absolute atomic E-state index is 13.2. The lowest BCUT2D eigenvalue weighted by atomic mass is 10.1. The number of carbonyl (C=O) groups excluding carboxylic acids is 1. The van der Waals surface area contributed by atoms with Crippen molar-refractivity contribution < 1.29 is 13.6 Å². The minimum absolute atomic E-state index is 0.0300. The molecular weight excluding hydrogens is 300 g/mol. The molecule has 0 fully saturated rings. The van der Waals surface area contributed by atoms with Gasteiger partial charge < -0.3 is 4.90 Å². The van der Waals surface area contributed by atoms with Crippen LogP contribution in [0.1, 0.15) is 16.1 Å². The van der Waals surface area contributed by atoms with Gasteiger partial charge in [0.05, 0.1) is 17.8 Å². The third-order valence-corrected chi connectivity index (χ3v) is 3.23. The van der Waals surface area contributed by atoms with Gasteiger partial charge in [-0.3, -0.25) is 9.48 Å². The molecule has 0 bridgehead atoms. The molecule has 0 atom stereocenters. The first-order valence-electron chi connectivity index (χ1n) is 6.26. The van der Waals surface area contributed by atoms with Crippen LogP contribution < -0.4 is 0 Å². The van der Waals surface area contributed by atoms with Crippen LogP contribution in [0.5, 0.6) is 0 Å². The molecule has 0 aliphatic carbocycles. The molecule has 1 heterocycles. The highest BCUT2D eigenvalue weighted by Crippen LogP contribution is 2.20. The summed E-state index contributed by atoms with van der Waals surface area (Å²) in [6.07, 6.45) is 1.37. The van der Waals surface area contributed by atoms with Crippen LogP contribution in [-0.2, 0) is 6.54 Å². The van der Waals surface area contributed by atoms with Gasteiger partial charge in [0.2, 0.25) is 5.78 Å². The van der Waals surface area contributed by atoms with Crippen LogP contribution in [0, 0.1) is 11.6 Å². The fraction of sp³-hybridized carbons (Fsp3) is 0.286. The molecule has 0 spiro atoms. The van der Waals surface area contributed by atoms with Gasteiger partial charge in [-0.2, -0.15) is 5.10 Å². The molecule has 0 saturated carbocycles. The summed E-state index contributed by atoms with van der Waals surface area (Å²) in [5.74, 6) is -2.56. The van der Waals surface area contributed by atoms with Gasteiger partial charge in [-0.15, -0.1) is 0 Å². The second kappa shape index (κ2) is 6.32. The van der Waals surface area contributed by atoms with E-state index in [9.17, 15) is 13.6 Å². The second-order valence-electron chi connectivity index (χ2n) is 4.83. The molecule has 1 aromatic heterocycles. The van der Waals surface area contributed by atoms with Gasteiger partial charge in [-0.1, -0.05) is 11.6 Å². The van der Waals surface area contributed by atoms with Gasteiger partial charge in [0.15, 0.2) is 11.6 Å². The van der Waals surface area contributed by atoms with E-state index in [-0.39, 0.29) is 16.3 Å². The Kier molecular flexibility index (Phi) is 4.69. The van der Waals surface area contributed by atoms with E-state index >= 15 is 0 Å². The summed E-state index contributed by atoms with van der Waals surface area (Å²) >= 11 is 5.99. The van der Waals surface area contributed by atoms with Crippen molar-refractivity contribution in [3.63, 3.8) is 0 Å². The van der Waals surface area contributed by atoms with E-state index in [0.29, 0.717) is 13.1 Å². The quantitative estimate of drug-likeness (QED) is 0.796. The van der Waals surface area contributed by atoms with Crippen molar-refractivity contribution in [2.45, 2.75) is 6.54 Å². The molecule has 2 aromatic rings. The second-order valence-corrected chi connectivity index (χ2v) is 5.23. The lowest BCUT2D eigenvalue weighted by molar-refractivity contribution is 0.102. The lowest BCUT2D eigenvalue weighted by Gasteiger charge is -2.11. The number of hydrogen-bond acceptors (Lipinski definition) is 3. The van der Waals surface area contributed by atoms with Gasteiger partial charge in [0.25, 0.3) is 0 Å². The fourth-order valence-electron chi connectivity index (χ4n) is 1.83. The molecule has 0 N–H and O–H groups in total. The molecule has 21 heavy (non-hydrogen) atoms. The fourth-order valence-corrected chi connectivity index (χ4v) is 2.05. The Morgan fingerprint density at radius 3 is 2.67 bits per heavy atom. The molecule has 0 radical (unpaired) electrons. The van der Waals surface area contributed by atoms with Crippen molar-refractivity contribution in [2.24, 2.45) is 0 Å². The molecule has 0 unspecified atom stereocenters. The first-order valence-corrected chi connectivity index (χ1v) is 6.63. The van der Waals surface area contributed by atoms with E-state index in [1.54, 1.807) is 0 Å². The van der Waals surface area contributed by atoms with Crippen LogP contribution >= 0.6 is 11.6 Å². The molecule has 4 nitrogen and oxygen atoms in total. The van der Waals surface area contributed by atoms with E-state index in [2.05, 4.69) is 5.10 Å². The van der Waals surface area contributed by atoms with E-state index < -0.39 is 17.4 Å². The number of benzene rings is 1. The summed E-state index contributed by atoms with van der Waals surface area (Å²) in [5, 5.41) is 4.23. The summed E-state index contributed by atoms with van der Waals surface area (Å²) in [6.45, 7) is 1.13. The number of likely N-dealkylation sites (N-methyl/N-ethyl adjacent to an activating group) is 1. The van der Waals surface area contributed by atoms with Crippen LogP contribution in [0.15, 0.2) is 24.4 Å². The third kappa shape index (κ3) is 3.46. The number of hydrogen-bond donors (Lipinski definition) is 0. The van der Waals surface area contributed by atoms with Gasteiger partial charge in [-0.05, 0) is 32.3 Å². The summed E-state index contributed by atoms with van der Waals surface area (Å²) in [4.78, 5) is 14.3. The average molecular weight is 314 g/mol. The summed E-state index contributed by atoms with van der Waals surface area (Å²) in [7, 11) is 3.78. The Morgan fingerprint density at radius 1 is 1.33 bits per heavy atom. The number of halogens is 3. The zero-order chi connectivity index (χ0) is 15.6. The Morgan fingerprint density at radius 2 is 2.05 bits per heavy atom. The average Bonchev–Trinajstić information content (AvgIpc) is 2.80. The SMILES string of the molecule is CN(C)CCn1ncc(Cl)c1C(=O)c1ccc(F)c(F)c1. The molecule has 2 rings (SSSR count). The molecule has 112 valence electrons. The normalized spacial score (nSPS) is 11.1. The molecule has 0 aliphatic rings. The Labute approximate surface area is 125 Å². The molecule has 0 amide bonds. The Hall–Kier alpha value is -1.79. The molecule has 0 saturated heterocycles. The first kappa shape index (κ1) is 15.6. The number of nitrogens with zero attached hydrogens (tertiary/aromatic N) is 3. The lowest BCUT2D eigenvalue weighted by Crippen LogP contribution is -2.21. The van der Waals surface area contributed by atoms with E-state index in [1.807, 2.05) is 19.0 Å². The van der Waals surface area contributed by atoms with Crippen molar-refractivity contribution in [1.82, 2.24) is 14.7 Å². The van der Waals surface area contributed by atoms with Crippen molar-refractivity contribution in [2.75, 3.05) is 20.6 Å². The van der Waals surface area contributed by atoms with Crippen LogP contribution in [0.2, 0.25) is 5.02 Å². The zero-order valence-corrected chi connectivity index (χ0v) is 12.4. The molecule has 1 aromatic carbocycles. The zero-order valence-electron chi connectivity index (χ0n) is 11.6. The van der Waals surface area contributed by atoms with E-state index in [1.165, 1.54) is 16.9 Å². The van der Waals surface area contributed by atoms with Gasteiger partial charge >= 0.3 is 0 Å². The van der Waals surface area contributed by atoms with Gasteiger partial charge in [-0.25, -0.2) is 8.78 Å². The molecular formula is C14H14ClF2N3O. The number of ketones is 1. The summed E-state index contributed by atoms with van der Waals surface area (Å²) in [6, 6.07) is 2.99. The highest BCUT2D eigenvalue weighted by Gasteiger charge is 2.20. The molecule has 0 aliphatic heterocycles. The van der Waals surface area contributed by atoms with Crippen LogP contribution in [0.3, 0.4) is 0 Å². The topological polar surface area (TPSA) is 38.1 Å².